The van der Waals surface area contributed by atoms with Gasteiger partial charge in [0.05, 0.1) is 4.90 Å². The van der Waals surface area contributed by atoms with Gasteiger partial charge in [0, 0.05) is 28.9 Å². The lowest BCUT2D eigenvalue weighted by atomic mass is 10.0. The number of rotatable bonds is 12. The van der Waals surface area contributed by atoms with Gasteiger partial charge in [-0.2, -0.15) is 4.72 Å². The minimum absolute atomic E-state index is 0.0764. The Kier molecular flexibility index (Phi) is 8.22. The third-order valence-electron chi connectivity index (χ3n) is 6.36. The van der Waals surface area contributed by atoms with E-state index in [1.807, 2.05) is 42.5 Å². The fourth-order valence-corrected chi connectivity index (χ4v) is 5.89. The zero-order valence-corrected chi connectivity index (χ0v) is 21.1. The van der Waals surface area contributed by atoms with Gasteiger partial charge in [0.15, 0.2) is 0 Å². The lowest BCUT2D eigenvalue weighted by Crippen LogP contribution is -2.53. The first-order valence-corrected chi connectivity index (χ1v) is 13.6. The van der Waals surface area contributed by atoms with Crippen LogP contribution in [-0.4, -0.2) is 43.8 Å². The van der Waals surface area contributed by atoms with E-state index in [2.05, 4.69) is 15.0 Å². The van der Waals surface area contributed by atoms with Crippen LogP contribution in [0, 0.1) is 0 Å². The number of aromatic nitrogens is 1. The normalized spacial score (nSPS) is 13.4. The molecule has 0 aliphatic rings. The van der Waals surface area contributed by atoms with Crippen LogP contribution in [0.25, 0.3) is 21.7 Å². The van der Waals surface area contributed by atoms with Crippen molar-refractivity contribution in [1.82, 2.24) is 15.0 Å². The van der Waals surface area contributed by atoms with Gasteiger partial charge in [-0.3, -0.25) is 9.59 Å². The summed E-state index contributed by atoms with van der Waals surface area (Å²) in [5, 5.41) is 4.90. The molecule has 4 aromatic rings. The smallest absolute Gasteiger partial charge is 0.241 e. The Labute approximate surface area is 215 Å². The van der Waals surface area contributed by atoms with Crippen molar-refractivity contribution in [3.8, 4) is 0 Å². The number of para-hydroxylation sites is 1. The van der Waals surface area contributed by atoms with Crippen LogP contribution in [0.1, 0.15) is 24.8 Å². The molecule has 0 aliphatic heterocycles. The Balaban J connectivity index is 1.57. The molecule has 37 heavy (non-hydrogen) atoms. The van der Waals surface area contributed by atoms with Gasteiger partial charge in [-0.15, -0.1) is 0 Å². The molecule has 2 atom stereocenters. The Morgan fingerprint density at radius 2 is 1.59 bits per heavy atom. The minimum atomic E-state index is -4.07. The highest BCUT2D eigenvalue weighted by molar-refractivity contribution is 7.89. The number of primary amides is 1. The van der Waals surface area contributed by atoms with Crippen LogP contribution in [0.3, 0.4) is 0 Å². The fraction of sp³-hybridized carbons (Fsp3) is 0.259. The number of H-pyrrole nitrogens is 1. The third-order valence-corrected chi connectivity index (χ3v) is 7.89. The molecule has 1 heterocycles. The molecule has 1 unspecified atom stereocenters. The summed E-state index contributed by atoms with van der Waals surface area (Å²) >= 11 is 0. The van der Waals surface area contributed by atoms with Gasteiger partial charge in [-0.05, 0) is 42.5 Å². The molecule has 4 rings (SSSR count). The van der Waals surface area contributed by atoms with Crippen LogP contribution in [0.5, 0.6) is 0 Å². The number of fused-ring (bicyclic) bond motifs is 2. The van der Waals surface area contributed by atoms with E-state index in [0.29, 0.717) is 24.8 Å². The molecule has 0 aliphatic carbocycles. The first-order valence-electron chi connectivity index (χ1n) is 12.1. The Hall–Kier alpha value is -3.73. The summed E-state index contributed by atoms with van der Waals surface area (Å²) in [7, 11) is -4.07. The molecule has 3 aromatic carbocycles. The first-order chi connectivity index (χ1) is 17.8. The van der Waals surface area contributed by atoms with Crippen LogP contribution in [0.15, 0.2) is 77.8 Å². The molecule has 0 bridgehead atoms. The van der Waals surface area contributed by atoms with Crippen LogP contribution < -0.4 is 21.5 Å². The number of benzene rings is 3. The summed E-state index contributed by atoms with van der Waals surface area (Å²) in [6.07, 6.45) is 3.29. The Bertz CT molecular complexity index is 1510. The molecule has 1 aromatic heterocycles. The molecule has 0 saturated heterocycles. The molecule has 9 nitrogen and oxygen atoms in total. The molecule has 0 radical (unpaired) electrons. The highest BCUT2D eigenvalue weighted by Crippen LogP contribution is 2.23. The maximum absolute atomic E-state index is 13.4. The van der Waals surface area contributed by atoms with Crippen molar-refractivity contribution in [2.75, 3.05) is 6.54 Å². The second-order valence-corrected chi connectivity index (χ2v) is 10.6. The number of sulfonamides is 1. The van der Waals surface area contributed by atoms with E-state index in [-0.39, 0.29) is 17.7 Å². The van der Waals surface area contributed by atoms with Crippen molar-refractivity contribution in [1.29, 1.82) is 0 Å². The molecule has 0 spiro atoms. The number of hydrogen-bond donors (Lipinski definition) is 5. The second-order valence-electron chi connectivity index (χ2n) is 8.96. The van der Waals surface area contributed by atoms with Crippen molar-refractivity contribution >= 4 is 43.5 Å². The number of nitrogens with one attached hydrogen (secondary N) is 3. The van der Waals surface area contributed by atoms with Crippen molar-refractivity contribution in [2.45, 2.75) is 42.7 Å². The number of carbonyl (C=O) groups excluding carboxylic acids is 2. The van der Waals surface area contributed by atoms with Crippen molar-refractivity contribution in [2.24, 2.45) is 11.5 Å². The van der Waals surface area contributed by atoms with E-state index in [9.17, 15) is 18.0 Å². The van der Waals surface area contributed by atoms with Gasteiger partial charge in [-0.1, -0.05) is 61.0 Å². The largest absolute Gasteiger partial charge is 0.368 e. The van der Waals surface area contributed by atoms with Crippen LogP contribution in [0.4, 0.5) is 0 Å². The van der Waals surface area contributed by atoms with E-state index in [4.69, 9.17) is 11.5 Å². The average molecular weight is 522 g/mol. The number of aromatic amines is 1. The first kappa shape index (κ1) is 26.3. The maximum Gasteiger partial charge on any atom is 0.241 e. The summed E-state index contributed by atoms with van der Waals surface area (Å²) in [5.41, 5.74) is 13.0. The highest BCUT2D eigenvalue weighted by atomic mass is 32.2. The number of amides is 2. The second kappa shape index (κ2) is 11.5. The van der Waals surface area contributed by atoms with Crippen LogP contribution >= 0.6 is 0 Å². The van der Waals surface area contributed by atoms with Gasteiger partial charge in [0.25, 0.3) is 0 Å². The monoisotopic (exact) mass is 521 g/mol. The van der Waals surface area contributed by atoms with Crippen LogP contribution in [0.2, 0.25) is 0 Å². The van der Waals surface area contributed by atoms with Crippen molar-refractivity contribution < 1.29 is 18.0 Å². The van der Waals surface area contributed by atoms with E-state index < -0.39 is 33.9 Å². The minimum Gasteiger partial charge on any atom is -0.368 e. The molecule has 2 amide bonds. The van der Waals surface area contributed by atoms with Crippen molar-refractivity contribution in [3.63, 3.8) is 0 Å². The van der Waals surface area contributed by atoms with E-state index >= 15 is 0 Å². The number of unbranched alkanes of at least 4 members (excludes halogenated alkanes) is 1. The third kappa shape index (κ3) is 6.16. The summed E-state index contributed by atoms with van der Waals surface area (Å²) in [5.74, 6) is -1.33. The Morgan fingerprint density at radius 1 is 0.892 bits per heavy atom. The molecular weight excluding hydrogens is 490 g/mol. The lowest BCUT2D eigenvalue weighted by Gasteiger charge is -2.22. The topological polar surface area (TPSA) is 160 Å². The molecule has 194 valence electrons. The lowest BCUT2D eigenvalue weighted by molar-refractivity contribution is -0.128. The van der Waals surface area contributed by atoms with Crippen molar-refractivity contribution in [3.05, 3.63) is 78.5 Å². The standard InChI is InChI=1S/C27H31N5O4S/c28-15-6-5-13-23(32-37(35,36)25-14-7-9-18-8-1-2-11-21(18)25)27(34)31-24(26(29)33)16-19-17-30-22-12-4-3-10-20(19)22/h1-4,7-12,14,17,23-24,30,32H,5-6,13,15-16,28H2,(H2,29,33)(H,31,34)/t23?,24-/m0/s1. The summed E-state index contributed by atoms with van der Waals surface area (Å²) < 4.78 is 29.4. The zero-order valence-electron chi connectivity index (χ0n) is 20.3. The molecule has 0 fully saturated rings. The average Bonchev–Trinajstić information content (AvgIpc) is 3.30. The van der Waals surface area contributed by atoms with Gasteiger partial charge in [-0.25, -0.2) is 8.42 Å². The highest BCUT2D eigenvalue weighted by Gasteiger charge is 2.29. The van der Waals surface area contributed by atoms with Gasteiger partial charge in [0.2, 0.25) is 21.8 Å². The van der Waals surface area contributed by atoms with Crippen LogP contribution in [-0.2, 0) is 26.0 Å². The molecular formula is C27H31N5O4S. The fourth-order valence-electron chi connectivity index (χ4n) is 4.43. The number of hydrogen-bond acceptors (Lipinski definition) is 5. The summed E-state index contributed by atoms with van der Waals surface area (Å²) in [6.45, 7) is 0.412. The van der Waals surface area contributed by atoms with E-state index in [0.717, 1.165) is 21.9 Å². The quantitative estimate of drug-likeness (QED) is 0.181. The molecule has 10 heteroatoms. The van der Waals surface area contributed by atoms with E-state index in [1.165, 1.54) is 6.07 Å². The zero-order chi connectivity index (χ0) is 26.4. The van der Waals surface area contributed by atoms with E-state index in [1.54, 1.807) is 24.4 Å². The van der Waals surface area contributed by atoms with Gasteiger partial charge >= 0.3 is 0 Å². The molecule has 7 N–H and O–H groups in total. The number of nitrogens with two attached hydrogens (primary N) is 2. The Morgan fingerprint density at radius 3 is 2.35 bits per heavy atom. The SMILES string of the molecule is NCCCCC(NS(=O)(=O)c1cccc2ccccc12)C(=O)N[C@@H](Cc1c[nH]c2ccccc12)C(N)=O. The predicted octanol–water partition coefficient (Wildman–Crippen LogP) is 2.31. The molecule has 0 saturated carbocycles. The summed E-state index contributed by atoms with van der Waals surface area (Å²) in [6, 6.07) is 17.6. The summed E-state index contributed by atoms with van der Waals surface area (Å²) in [4.78, 5) is 28.8. The number of carbonyl (C=O) groups is 2. The van der Waals surface area contributed by atoms with Gasteiger partial charge in [0.1, 0.15) is 12.1 Å². The van der Waals surface area contributed by atoms with Gasteiger partial charge < -0.3 is 21.8 Å². The predicted molar refractivity (Wildman–Crippen MR) is 144 cm³/mol. The maximum atomic E-state index is 13.4.